The van der Waals surface area contributed by atoms with Crippen LogP contribution in [0.25, 0.3) is 5.69 Å². The molecule has 0 spiro atoms. The number of amides is 2. The van der Waals surface area contributed by atoms with E-state index in [9.17, 15) is 9.59 Å². The molecule has 5 rings (SSSR count). The normalized spacial score (nSPS) is 18.4. The van der Waals surface area contributed by atoms with Crippen LogP contribution in [-0.4, -0.2) is 44.5 Å². The van der Waals surface area contributed by atoms with Gasteiger partial charge >= 0.3 is 0 Å². The van der Waals surface area contributed by atoms with E-state index in [-0.39, 0.29) is 18.0 Å². The third-order valence-corrected chi connectivity index (χ3v) is 5.27. The predicted molar refractivity (Wildman–Crippen MR) is 99.4 cm³/mol. The number of nitrogens with zero attached hydrogens (tertiary/aromatic N) is 4. The second-order valence-corrected chi connectivity index (χ2v) is 6.78. The van der Waals surface area contributed by atoms with E-state index in [1.165, 1.54) is 0 Å². The zero-order valence-corrected chi connectivity index (χ0v) is 14.7. The van der Waals surface area contributed by atoms with Crippen LogP contribution in [0.4, 0.5) is 0 Å². The Labute approximate surface area is 156 Å². The van der Waals surface area contributed by atoms with Crippen molar-refractivity contribution in [2.24, 2.45) is 0 Å². The van der Waals surface area contributed by atoms with E-state index < -0.39 is 0 Å². The Morgan fingerprint density at radius 2 is 1.81 bits per heavy atom. The Balaban J connectivity index is 1.58. The first-order valence-corrected chi connectivity index (χ1v) is 9.05. The van der Waals surface area contributed by atoms with Crippen molar-refractivity contribution in [2.75, 3.05) is 13.1 Å². The molecule has 1 atom stereocenters. The Kier molecular flexibility index (Phi) is 3.57. The van der Waals surface area contributed by atoms with Crippen molar-refractivity contribution in [2.45, 2.75) is 12.6 Å². The fourth-order valence-corrected chi connectivity index (χ4v) is 4.08. The van der Waals surface area contributed by atoms with Crippen LogP contribution in [0.2, 0.25) is 0 Å². The van der Waals surface area contributed by atoms with Gasteiger partial charge in [0.15, 0.2) is 0 Å². The number of hydrogen-bond donors (Lipinski definition) is 0. The van der Waals surface area contributed by atoms with Gasteiger partial charge in [0.2, 0.25) is 0 Å². The van der Waals surface area contributed by atoms with Gasteiger partial charge in [-0.3, -0.25) is 9.59 Å². The van der Waals surface area contributed by atoms with Crippen molar-refractivity contribution in [3.8, 4) is 5.69 Å². The van der Waals surface area contributed by atoms with Gasteiger partial charge in [0.05, 0.1) is 11.3 Å². The van der Waals surface area contributed by atoms with Gasteiger partial charge in [-0.05, 0) is 30.7 Å². The van der Waals surface area contributed by atoms with Gasteiger partial charge in [-0.2, -0.15) is 5.10 Å². The topological polar surface area (TPSA) is 58.4 Å². The van der Waals surface area contributed by atoms with E-state index in [0.717, 1.165) is 17.7 Å². The lowest BCUT2D eigenvalue weighted by molar-refractivity contribution is 0.0164. The summed E-state index contributed by atoms with van der Waals surface area (Å²) >= 11 is 0. The van der Waals surface area contributed by atoms with Crippen molar-refractivity contribution in [3.63, 3.8) is 0 Å². The molecule has 0 aliphatic carbocycles. The molecule has 0 radical (unpaired) electrons. The van der Waals surface area contributed by atoms with Gasteiger partial charge in [-0.15, -0.1) is 0 Å². The molecule has 2 aliphatic heterocycles. The first kappa shape index (κ1) is 15.8. The van der Waals surface area contributed by atoms with Crippen molar-refractivity contribution in [3.05, 3.63) is 83.7 Å². The summed E-state index contributed by atoms with van der Waals surface area (Å²) in [6.45, 7) is 1.29. The molecule has 134 valence electrons. The van der Waals surface area contributed by atoms with Gasteiger partial charge in [-0.25, -0.2) is 4.68 Å². The minimum Gasteiger partial charge on any atom is -0.314 e. The van der Waals surface area contributed by atoms with E-state index in [1.54, 1.807) is 10.9 Å². The molecular formula is C21H18N4O2. The maximum Gasteiger partial charge on any atom is 0.257 e. The molecule has 2 aliphatic rings. The molecule has 0 unspecified atom stereocenters. The number of rotatable bonds is 2. The Morgan fingerprint density at radius 1 is 1.00 bits per heavy atom. The molecule has 1 fully saturated rings. The lowest BCUT2D eigenvalue weighted by atomic mass is 10.1. The average molecular weight is 358 g/mol. The zero-order chi connectivity index (χ0) is 18.4. The molecule has 6 heteroatoms. The third-order valence-electron chi connectivity index (χ3n) is 5.27. The highest BCUT2D eigenvalue weighted by Crippen LogP contribution is 2.39. The van der Waals surface area contributed by atoms with Crippen molar-refractivity contribution < 1.29 is 9.59 Å². The van der Waals surface area contributed by atoms with Gasteiger partial charge in [0, 0.05) is 36.6 Å². The van der Waals surface area contributed by atoms with E-state index in [2.05, 4.69) is 5.10 Å². The summed E-state index contributed by atoms with van der Waals surface area (Å²) < 4.78 is 1.70. The second-order valence-electron chi connectivity index (χ2n) is 6.78. The molecule has 1 aromatic heterocycles. The lowest BCUT2D eigenvalue weighted by Crippen LogP contribution is -2.48. The first-order valence-electron chi connectivity index (χ1n) is 9.05. The number of carbonyl (C=O) groups excluding carboxylic acids is 2. The quantitative estimate of drug-likeness (QED) is 0.708. The molecule has 3 aromatic rings. The molecule has 2 amide bonds. The SMILES string of the molecule is O=C1c2ccccc2[C@@H]2N1CCCN2C(=O)c1ccccc1-n1cccn1. The van der Waals surface area contributed by atoms with Crippen LogP contribution in [0.1, 0.15) is 38.9 Å². The highest BCUT2D eigenvalue weighted by molar-refractivity contribution is 6.02. The maximum atomic E-state index is 13.5. The van der Waals surface area contributed by atoms with Crippen LogP contribution < -0.4 is 0 Å². The largest absolute Gasteiger partial charge is 0.314 e. The smallest absolute Gasteiger partial charge is 0.257 e. The molecule has 0 bridgehead atoms. The molecule has 3 heterocycles. The number of aromatic nitrogens is 2. The zero-order valence-electron chi connectivity index (χ0n) is 14.7. The maximum absolute atomic E-state index is 13.5. The fourth-order valence-electron chi connectivity index (χ4n) is 4.08. The molecule has 1 saturated heterocycles. The van der Waals surface area contributed by atoms with Crippen molar-refractivity contribution in [1.82, 2.24) is 19.6 Å². The number of carbonyl (C=O) groups is 2. The predicted octanol–water partition coefficient (Wildman–Crippen LogP) is 2.87. The minimum atomic E-state index is -0.333. The summed E-state index contributed by atoms with van der Waals surface area (Å²) in [5.41, 5.74) is 2.93. The number of hydrogen-bond acceptors (Lipinski definition) is 3. The van der Waals surface area contributed by atoms with Crippen molar-refractivity contribution >= 4 is 11.8 Å². The van der Waals surface area contributed by atoms with Crippen LogP contribution in [0, 0.1) is 0 Å². The average Bonchev–Trinajstić information content (AvgIpc) is 3.35. The Hall–Kier alpha value is -3.41. The molecule has 2 aromatic carbocycles. The highest BCUT2D eigenvalue weighted by atomic mass is 16.2. The van der Waals surface area contributed by atoms with Crippen LogP contribution >= 0.6 is 0 Å². The summed E-state index contributed by atoms with van der Waals surface area (Å²) in [5, 5.41) is 4.27. The lowest BCUT2D eigenvalue weighted by Gasteiger charge is -2.40. The monoisotopic (exact) mass is 358 g/mol. The molecule has 0 N–H and O–H groups in total. The van der Waals surface area contributed by atoms with Crippen LogP contribution in [0.5, 0.6) is 0 Å². The van der Waals surface area contributed by atoms with E-state index >= 15 is 0 Å². The highest BCUT2D eigenvalue weighted by Gasteiger charge is 2.44. The van der Waals surface area contributed by atoms with E-state index in [0.29, 0.717) is 24.2 Å². The second kappa shape index (κ2) is 6.09. The fraction of sp³-hybridized carbons (Fsp3) is 0.190. The standard InChI is InChI=1S/C21H18N4O2/c26-20-16-8-2-1-7-15(16)19-23(20)12-6-13-24(19)21(27)17-9-3-4-10-18(17)25-14-5-11-22-25/h1-5,7-11,14,19H,6,12-13H2/t19-/m1/s1. The van der Waals surface area contributed by atoms with E-state index in [4.69, 9.17) is 0 Å². The third kappa shape index (κ3) is 2.37. The van der Waals surface area contributed by atoms with Gasteiger partial charge in [-0.1, -0.05) is 30.3 Å². The first-order chi connectivity index (χ1) is 13.3. The molecule has 0 saturated carbocycles. The number of para-hydroxylation sites is 1. The van der Waals surface area contributed by atoms with Crippen molar-refractivity contribution in [1.29, 1.82) is 0 Å². The summed E-state index contributed by atoms with van der Waals surface area (Å²) in [6.07, 6.45) is 3.95. The summed E-state index contributed by atoms with van der Waals surface area (Å²) in [4.78, 5) is 29.9. The Bertz CT molecular complexity index is 1030. The van der Waals surface area contributed by atoms with Gasteiger partial charge in [0.25, 0.3) is 11.8 Å². The Morgan fingerprint density at radius 3 is 2.67 bits per heavy atom. The minimum absolute atomic E-state index is 0.00783. The summed E-state index contributed by atoms with van der Waals surface area (Å²) in [7, 11) is 0. The van der Waals surface area contributed by atoms with E-state index in [1.807, 2.05) is 70.6 Å². The molecule has 27 heavy (non-hydrogen) atoms. The van der Waals surface area contributed by atoms with Gasteiger partial charge in [0.1, 0.15) is 6.17 Å². The van der Waals surface area contributed by atoms with Crippen LogP contribution in [-0.2, 0) is 0 Å². The van der Waals surface area contributed by atoms with Crippen LogP contribution in [0.15, 0.2) is 67.0 Å². The summed E-state index contributed by atoms with van der Waals surface area (Å²) in [6, 6.07) is 16.9. The molecule has 6 nitrogen and oxygen atoms in total. The van der Waals surface area contributed by atoms with Crippen LogP contribution in [0.3, 0.4) is 0 Å². The van der Waals surface area contributed by atoms with Gasteiger partial charge < -0.3 is 9.80 Å². The number of benzene rings is 2. The molecular weight excluding hydrogens is 340 g/mol. The summed E-state index contributed by atoms with van der Waals surface area (Å²) in [5.74, 6) is -0.0752. The number of fused-ring (bicyclic) bond motifs is 3.